The molecular weight excluding hydrogens is 378 g/mol. The van der Waals surface area contributed by atoms with E-state index >= 15 is 0 Å². The van der Waals surface area contributed by atoms with Gasteiger partial charge in [0.05, 0.1) is 16.4 Å². The molecule has 3 aromatic rings. The van der Waals surface area contributed by atoms with Gasteiger partial charge in [-0.3, -0.25) is 4.79 Å². The Morgan fingerprint density at radius 1 is 1.20 bits per heavy atom. The van der Waals surface area contributed by atoms with Gasteiger partial charge in [-0.15, -0.1) is 0 Å². The number of rotatable bonds is 5. The first kappa shape index (κ1) is 18.7. The van der Waals surface area contributed by atoms with E-state index in [4.69, 9.17) is 14.5 Å². The molecule has 154 valence electrons. The summed E-state index contributed by atoms with van der Waals surface area (Å²) in [5, 5.41) is 0. The molecule has 1 N–H and O–H groups in total. The Labute approximate surface area is 175 Å². The molecule has 0 saturated carbocycles. The van der Waals surface area contributed by atoms with Crippen molar-refractivity contribution in [2.24, 2.45) is 5.92 Å². The van der Waals surface area contributed by atoms with Crippen LogP contribution in [0.25, 0.3) is 11.0 Å². The summed E-state index contributed by atoms with van der Waals surface area (Å²) in [6.45, 7) is 4.21. The maximum absolute atomic E-state index is 12.6. The van der Waals surface area contributed by atoms with E-state index < -0.39 is 5.41 Å². The second-order valence-corrected chi connectivity index (χ2v) is 8.60. The lowest BCUT2D eigenvalue weighted by Crippen LogP contribution is -2.33. The minimum absolute atomic E-state index is 0.110. The second kappa shape index (κ2) is 6.90. The Morgan fingerprint density at radius 3 is 2.73 bits per heavy atom. The van der Waals surface area contributed by atoms with Gasteiger partial charge in [0, 0.05) is 25.1 Å². The highest BCUT2D eigenvalue weighted by atomic mass is 16.7. The van der Waals surface area contributed by atoms with Gasteiger partial charge < -0.3 is 19.4 Å². The molecule has 30 heavy (non-hydrogen) atoms. The number of aromatic amines is 1. The number of anilines is 1. The average molecular weight is 403 g/mol. The zero-order valence-corrected chi connectivity index (χ0v) is 17.4. The zero-order chi connectivity index (χ0) is 20.9. The lowest BCUT2D eigenvalue weighted by molar-refractivity contribution is -0.121. The normalized spacial score (nSPS) is 18.2. The largest absolute Gasteiger partial charge is 0.462 e. The fourth-order valence-corrected chi connectivity index (χ4v) is 4.49. The molecule has 0 bridgehead atoms. The summed E-state index contributed by atoms with van der Waals surface area (Å²) in [5.41, 5.74) is 4.52. The van der Waals surface area contributed by atoms with Crippen molar-refractivity contribution in [1.82, 2.24) is 9.97 Å². The molecule has 1 unspecified atom stereocenters. The minimum atomic E-state index is -0.529. The molecule has 0 spiro atoms. The van der Waals surface area contributed by atoms with Crippen LogP contribution in [0.4, 0.5) is 5.69 Å². The van der Waals surface area contributed by atoms with Crippen LogP contribution in [0.15, 0.2) is 54.5 Å². The van der Waals surface area contributed by atoms with E-state index in [1.54, 1.807) is 11.2 Å². The predicted octanol–water partition coefficient (Wildman–Crippen LogP) is 4.06. The van der Waals surface area contributed by atoms with Crippen molar-refractivity contribution in [3.8, 4) is 0 Å². The smallest absolute Gasteiger partial charge is 0.236 e. The maximum Gasteiger partial charge on any atom is 0.236 e. The summed E-state index contributed by atoms with van der Waals surface area (Å²) in [6, 6.07) is 14.5. The van der Waals surface area contributed by atoms with Crippen molar-refractivity contribution < 1.29 is 14.3 Å². The van der Waals surface area contributed by atoms with Crippen LogP contribution in [-0.4, -0.2) is 29.7 Å². The molecule has 1 atom stereocenters. The number of hydrogen-bond donors (Lipinski definition) is 1. The third-order valence-electron chi connectivity index (χ3n) is 6.18. The standard InChI is InChI=1S/C24H25N3O3/c1-24(2)17-11-18-19(12-20(17)27(3)23(24)28)26-22(25-18)10-16(21-13-29-14-30-21)9-15-7-5-4-6-8-15/h4-8,11-13,16H,9-10,14H2,1-3H3,(H,25,26). The lowest BCUT2D eigenvalue weighted by atomic mass is 9.86. The molecule has 1 aromatic heterocycles. The number of benzene rings is 2. The van der Waals surface area contributed by atoms with Crippen LogP contribution >= 0.6 is 0 Å². The Kier molecular flexibility index (Phi) is 4.31. The highest BCUT2D eigenvalue weighted by Crippen LogP contribution is 2.42. The highest BCUT2D eigenvalue weighted by Gasteiger charge is 2.42. The fraction of sp³-hybridized carbons (Fsp3) is 0.333. The van der Waals surface area contributed by atoms with Gasteiger partial charge >= 0.3 is 0 Å². The SMILES string of the molecule is CN1C(=O)C(C)(C)c2cc3[nH]c(CC(Cc4ccccc4)C4=COCO4)nc3cc21. The van der Waals surface area contributed by atoms with Crippen molar-refractivity contribution >= 4 is 22.6 Å². The number of nitrogens with one attached hydrogen (secondary N) is 1. The van der Waals surface area contributed by atoms with Crippen LogP contribution in [-0.2, 0) is 32.5 Å². The first-order valence-electron chi connectivity index (χ1n) is 10.2. The Morgan fingerprint density at radius 2 is 2.00 bits per heavy atom. The molecular formula is C24H25N3O3. The fourth-order valence-electron chi connectivity index (χ4n) is 4.49. The summed E-state index contributed by atoms with van der Waals surface area (Å²) in [6.07, 6.45) is 3.27. The second-order valence-electron chi connectivity index (χ2n) is 8.60. The predicted molar refractivity (Wildman–Crippen MR) is 115 cm³/mol. The number of H-pyrrole nitrogens is 1. The van der Waals surface area contributed by atoms with Gasteiger partial charge in [0.2, 0.25) is 12.7 Å². The maximum atomic E-state index is 12.6. The molecule has 0 radical (unpaired) electrons. The summed E-state index contributed by atoms with van der Waals surface area (Å²) >= 11 is 0. The number of likely N-dealkylation sites (N-methyl/N-ethyl adjacent to an activating group) is 1. The minimum Gasteiger partial charge on any atom is -0.462 e. The van der Waals surface area contributed by atoms with E-state index in [-0.39, 0.29) is 18.6 Å². The Bertz CT molecular complexity index is 1150. The van der Waals surface area contributed by atoms with Crippen LogP contribution in [0.3, 0.4) is 0 Å². The highest BCUT2D eigenvalue weighted by molar-refractivity contribution is 6.09. The molecule has 5 rings (SSSR count). The lowest BCUT2D eigenvalue weighted by Gasteiger charge is -2.16. The number of carbonyl (C=O) groups excluding carboxylic acids is 1. The molecule has 6 nitrogen and oxygen atoms in total. The van der Waals surface area contributed by atoms with Gasteiger partial charge in [-0.25, -0.2) is 4.98 Å². The summed E-state index contributed by atoms with van der Waals surface area (Å²) < 4.78 is 11.0. The number of allylic oxidation sites excluding steroid dienone is 1. The molecule has 3 heterocycles. The first-order valence-corrected chi connectivity index (χ1v) is 10.2. The topological polar surface area (TPSA) is 67.5 Å². The molecule has 1 amide bonds. The molecule has 2 aliphatic rings. The van der Waals surface area contributed by atoms with Crippen molar-refractivity contribution in [3.05, 3.63) is 71.4 Å². The van der Waals surface area contributed by atoms with Gasteiger partial charge in [-0.2, -0.15) is 0 Å². The van der Waals surface area contributed by atoms with Crippen LogP contribution in [0, 0.1) is 5.92 Å². The van der Waals surface area contributed by atoms with Crippen LogP contribution in [0.5, 0.6) is 0 Å². The van der Waals surface area contributed by atoms with E-state index in [0.29, 0.717) is 6.42 Å². The first-order chi connectivity index (χ1) is 14.4. The molecule has 0 saturated heterocycles. The van der Waals surface area contributed by atoms with Crippen molar-refractivity contribution in [1.29, 1.82) is 0 Å². The monoisotopic (exact) mass is 403 g/mol. The number of carbonyl (C=O) groups is 1. The summed E-state index contributed by atoms with van der Waals surface area (Å²) in [5.74, 6) is 1.99. The molecule has 0 aliphatic carbocycles. The van der Waals surface area contributed by atoms with Gasteiger partial charge in [0.15, 0.2) is 0 Å². The van der Waals surface area contributed by atoms with Crippen LogP contribution < -0.4 is 4.90 Å². The van der Waals surface area contributed by atoms with Gasteiger partial charge in [-0.1, -0.05) is 30.3 Å². The number of hydrogen-bond acceptors (Lipinski definition) is 4. The Hall–Kier alpha value is -3.28. The zero-order valence-electron chi connectivity index (χ0n) is 17.4. The Balaban J connectivity index is 1.47. The van der Waals surface area contributed by atoms with Crippen LogP contribution in [0.2, 0.25) is 0 Å². The average Bonchev–Trinajstić information content (AvgIpc) is 3.44. The van der Waals surface area contributed by atoms with Gasteiger partial charge in [0.1, 0.15) is 17.8 Å². The molecule has 0 fully saturated rings. The van der Waals surface area contributed by atoms with E-state index in [1.807, 2.05) is 33.0 Å². The number of ether oxygens (including phenoxy) is 2. The van der Waals surface area contributed by atoms with Crippen LogP contribution in [0.1, 0.15) is 30.8 Å². The number of aromatic nitrogens is 2. The van der Waals surface area contributed by atoms with Crippen molar-refractivity contribution in [2.45, 2.75) is 32.1 Å². The number of fused-ring (bicyclic) bond motifs is 2. The number of imidazole rings is 1. The van der Waals surface area contributed by atoms with E-state index in [2.05, 4.69) is 35.3 Å². The van der Waals surface area contributed by atoms with E-state index in [9.17, 15) is 4.79 Å². The quantitative estimate of drug-likeness (QED) is 0.698. The van der Waals surface area contributed by atoms with Crippen molar-refractivity contribution in [2.75, 3.05) is 18.7 Å². The van der Waals surface area contributed by atoms with Gasteiger partial charge in [0.25, 0.3) is 0 Å². The van der Waals surface area contributed by atoms with E-state index in [1.165, 1.54) is 5.56 Å². The summed E-state index contributed by atoms with van der Waals surface area (Å²) in [4.78, 5) is 22.6. The third kappa shape index (κ3) is 3.03. The molecule has 6 heteroatoms. The van der Waals surface area contributed by atoms with Crippen molar-refractivity contribution in [3.63, 3.8) is 0 Å². The number of nitrogens with zero attached hydrogens (tertiary/aromatic N) is 2. The molecule has 2 aliphatic heterocycles. The third-order valence-corrected chi connectivity index (χ3v) is 6.18. The summed E-state index contributed by atoms with van der Waals surface area (Å²) in [7, 11) is 1.83. The number of amides is 1. The molecule has 2 aromatic carbocycles. The van der Waals surface area contributed by atoms with Gasteiger partial charge in [-0.05, 0) is 43.5 Å². The van der Waals surface area contributed by atoms with E-state index in [0.717, 1.165) is 40.3 Å².